The lowest BCUT2D eigenvalue weighted by atomic mass is 9.94. The third-order valence-corrected chi connectivity index (χ3v) is 5.62. The summed E-state index contributed by atoms with van der Waals surface area (Å²) in [5, 5.41) is 16.0. The summed E-state index contributed by atoms with van der Waals surface area (Å²) < 4.78 is 0. The van der Waals surface area contributed by atoms with Crippen LogP contribution >= 0.6 is 0 Å². The lowest BCUT2D eigenvalue weighted by Gasteiger charge is -2.37. The normalized spacial score (nSPS) is 15.5. The van der Waals surface area contributed by atoms with Gasteiger partial charge >= 0.3 is 0 Å². The van der Waals surface area contributed by atoms with Gasteiger partial charge in [0.15, 0.2) is 17.3 Å². The highest BCUT2D eigenvalue weighted by Crippen LogP contribution is 2.30. The molecule has 1 saturated heterocycles. The molecule has 1 aliphatic rings. The number of piperidine rings is 1. The van der Waals surface area contributed by atoms with Gasteiger partial charge in [-0.25, -0.2) is 9.97 Å². The first-order valence-electron chi connectivity index (χ1n) is 10.4. The van der Waals surface area contributed by atoms with E-state index in [0.717, 1.165) is 5.56 Å². The van der Waals surface area contributed by atoms with Crippen LogP contribution in [0.1, 0.15) is 58.8 Å². The maximum atomic E-state index is 12.1. The Labute approximate surface area is 182 Å². The Morgan fingerprint density at radius 2 is 1.94 bits per heavy atom. The smallest absolute Gasteiger partial charge is 0.271 e. The predicted octanol–water partition coefficient (Wildman–Crippen LogP) is 1.90. The van der Waals surface area contributed by atoms with Gasteiger partial charge < -0.3 is 26.4 Å². The van der Waals surface area contributed by atoms with E-state index in [0.29, 0.717) is 55.1 Å². The van der Waals surface area contributed by atoms with Crippen LogP contribution in [0.2, 0.25) is 0 Å². The van der Waals surface area contributed by atoms with E-state index in [1.807, 2.05) is 26.8 Å². The number of hydrogen-bond donors (Lipinski definition) is 4. The highest BCUT2D eigenvalue weighted by molar-refractivity contribution is 5.97. The summed E-state index contributed by atoms with van der Waals surface area (Å²) in [6.45, 7) is 6.91. The van der Waals surface area contributed by atoms with Crippen LogP contribution in [0.15, 0.2) is 18.2 Å². The number of benzene rings is 1. The van der Waals surface area contributed by atoms with Gasteiger partial charge in [0.1, 0.15) is 0 Å². The molecule has 9 heteroatoms. The molecule has 2 heterocycles. The SMILES string of the molecule is CCc1nc(C(N)=O)c(Nc2ccc(C(=O)NC)c(C)c2)nc1N1CCC(C)(O)CC1. The van der Waals surface area contributed by atoms with Gasteiger partial charge in [-0.2, -0.15) is 0 Å². The van der Waals surface area contributed by atoms with Gasteiger partial charge in [0, 0.05) is 31.4 Å². The van der Waals surface area contributed by atoms with Crippen LogP contribution in [-0.4, -0.2) is 52.6 Å². The molecule has 2 amide bonds. The number of anilines is 3. The molecule has 2 aromatic rings. The van der Waals surface area contributed by atoms with E-state index in [2.05, 4.69) is 20.5 Å². The van der Waals surface area contributed by atoms with E-state index >= 15 is 0 Å². The van der Waals surface area contributed by atoms with E-state index in [-0.39, 0.29) is 17.4 Å². The van der Waals surface area contributed by atoms with E-state index in [4.69, 9.17) is 10.7 Å². The molecule has 1 aromatic carbocycles. The third-order valence-electron chi connectivity index (χ3n) is 5.62. The second kappa shape index (κ2) is 8.89. The minimum absolute atomic E-state index is 0.0673. The fraction of sp³-hybridized carbons (Fsp3) is 0.455. The molecule has 5 N–H and O–H groups in total. The largest absolute Gasteiger partial charge is 0.390 e. The molecule has 0 radical (unpaired) electrons. The monoisotopic (exact) mass is 426 g/mol. The highest BCUT2D eigenvalue weighted by Gasteiger charge is 2.30. The number of rotatable bonds is 6. The fourth-order valence-electron chi connectivity index (χ4n) is 3.68. The van der Waals surface area contributed by atoms with Crippen molar-refractivity contribution in [2.45, 2.75) is 45.6 Å². The van der Waals surface area contributed by atoms with Crippen LogP contribution in [0.3, 0.4) is 0 Å². The molecule has 0 spiro atoms. The molecule has 0 saturated carbocycles. The van der Waals surface area contributed by atoms with Gasteiger partial charge in [0.25, 0.3) is 11.8 Å². The lowest BCUT2D eigenvalue weighted by Crippen LogP contribution is -2.43. The van der Waals surface area contributed by atoms with Crippen molar-refractivity contribution in [3.63, 3.8) is 0 Å². The molecule has 0 bridgehead atoms. The number of primary amides is 1. The van der Waals surface area contributed by atoms with Crippen molar-refractivity contribution in [1.29, 1.82) is 0 Å². The zero-order chi connectivity index (χ0) is 22.8. The van der Waals surface area contributed by atoms with Crippen molar-refractivity contribution >= 4 is 29.1 Å². The molecule has 166 valence electrons. The van der Waals surface area contributed by atoms with Crippen molar-refractivity contribution in [2.24, 2.45) is 5.73 Å². The number of aromatic nitrogens is 2. The first kappa shape index (κ1) is 22.5. The number of nitrogens with two attached hydrogens (primary N) is 1. The number of aliphatic hydroxyl groups is 1. The summed E-state index contributed by atoms with van der Waals surface area (Å²) in [4.78, 5) is 35.3. The number of amides is 2. The average molecular weight is 427 g/mol. The summed E-state index contributed by atoms with van der Waals surface area (Å²) in [5.41, 5.74) is 7.67. The first-order chi connectivity index (χ1) is 14.6. The minimum Gasteiger partial charge on any atom is -0.390 e. The molecule has 0 unspecified atom stereocenters. The van der Waals surface area contributed by atoms with E-state index in [1.54, 1.807) is 19.2 Å². The van der Waals surface area contributed by atoms with Crippen LogP contribution in [-0.2, 0) is 6.42 Å². The summed E-state index contributed by atoms with van der Waals surface area (Å²) in [6.07, 6.45) is 1.84. The molecule has 1 fully saturated rings. The molecular weight excluding hydrogens is 396 g/mol. The van der Waals surface area contributed by atoms with Crippen LogP contribution in [0, 0.1) is 6.92 Å². The average Bonchev–Trinajstić information content (AvgIpc) is 2.73. The zero-order valence-electron chi connectivity index (χ0n) is 18.5. The quantitative estimate of drug-likeness (QED) is 0.554. The van der Waals surface area contributed by atoms with Crippen molar-refractivity contribution in [2.75, 3.05) is 30.4 Å². The number of hydrogen-bond acceptors (Lipinski definition) is 7. The zero-order valence-corrected chi connectivity index (χ0v) is 18.5. The van der Waals surface area contributed by atoms with Gasteiger partial charge in [0.2, 0.25) is 0 Å². The van der Waals surface area contributed by atoms with Crippen LogP contribution in [0.4, 0.5) is 17.3 Å². The van der Waals surface area contributed by atoms with Crippen molar-refractivity contribution < 1.29 is 14.7 Å². The molecular formula is C22H30N6O3. The lowest BCUT2D eigenvalue weighted by molar-refractivity contribution is 0.0349. The Balaban J connectivity index is 1.98. The number of carbonyl (C=O) groups is 2. The second-order valence-electron chi connectivity index (χ2n) is 8.13. The molecule has 0 aliphatic carbocycles. The topological polar surface area (TPSA) is 133 Å². The summed E-state index contributed by atoms with van der Waals surface area (Å²) in [7, 11) is 1.58. The Morgan fingerprint density at radius 1 is 1.26 bits per heavy atom. The third kappa shape index (κ3) is 4.93. The van der Waals surface area contributed by atoms with Crippen LogP contribution in [0.5, 0.6) is 0 Å². The van der Waals surface area contributed by atoms with Gasteiger partial charge in [-0.15, -0.1) is 0 Å². The Kier molecular flexibility index (Phi) is 6.45. The number of carbonyl (C=O) groups excluding carboxylic acids is 2. The predicted molar refractivity (Wildman–Crippen MR) is 120 cm³/mol. The van der Waals surface area contributed by atoms with Crippen LogP contribution < -0.4 is 21.3 Å². The molecule has 31 heavy (non-hydrogen) atoms. The summed E-state index contributed by atoms with van der Waals surface area (Å²) in [5.74, 6) is 0.113. The van der Waals surface area contributed by atoms with Crippen molar-refractivity contribution in [3.8, 4) is 0 Å². The molecule has 3 rings (SSSR count). The minimum atomic E-state index is -0.686. The Bertz CT molecular complexity index is 995. The van der Waals surface area contributed by atoms with E-state index in [9.17, 15) is 14.7 Å². The standard InChI is InChI=1S/C22H30N6O3/c1-5-16-20(28-10-8-22(3,31)9-11-28)27-19(17(26-16)18(23)29)25-14-6-7-15(13(2)12-14)21(30)24-4/h6-7,12,31H,5,8-11H2,1-4H3,(H2,23,29)(H,24,30)(H,25,27). The van der Waals surface area contributed by atoms with Gasteiger partial charge in [-0.1, -0.05) is 6.92 Å². The maximum absolute atomic E-state index is 12.1. The number of nitrogens with zero attached hydrogens (tertiary/aromatic N) is 3. The number of aryl methyl sites for hydroxylation is 2. The Morgan fingerprint density at radius 3 is 2.48 bits per heavy atom. The van der Waals surface area contributed by atoms with Crippen molar-refractivity contribution in [3.05, 3.63) is 40.7 Å². The van der Waals surface area contributed by atoms with Gasteiger partial charge in [-0.05, 0) is 56.9 Å². The van der Waals surface area contributed by atoms with Crippen molar-refractivity contribution in [1.82, 2.24) is 15.3 Å². The molecule has 9 nitrogen and oxygen atoms in total. The number of nitrogens with one attached hydrogen (secondary N) is 2. The van der Waals surface area contributed by atoms with Crippen LogP contribution in [0.25, 0.3) is 0 Å². The van der Waals surface area contributed by atoms with E-state index < -0.39 is 11.5 Å². The maximum Gasteiger partial charge on any atom is 0.271 e. The van der Waals surface area contributed by atoms with Gasteiger partial charge in [-0.3, -0.25) is 9.59 Å². The Hall–Kier alpha value is -3.20. The van der Waals surface area contributed by atoms with E-state index in [1.165, 1.54) is 0 Å². The molecule has 1 aromatic heterocycles. The summed E-state index contributed by atoms with van der Waals surface area (Å²) in [6, 6.07) is 5.26. The summed E-state index contributed by atoms with van der Waals surface area (Å²) >= 11 is 0. The highest BCUT2D eigenvalue weighted by atomic mass is 16.3. The second-order valence-corrected chi connectivity index (χ2v) is 8.13. The fourth-order valence-corrected chi connectivity index (χ4v) is 3.68. The first-order valence-corrected chi connectivity index (χ1v) is 10.4. The molecule has 0 atom stereocenters. The molecule has 1 aliphatic heterocycles. The van der Waals surface area contributed by atoms with Gasteiger partial charge in [0.05, 0.1) is 11.3 Å².